The van der Waals surface area contributed by atoms with Gasteiger partial charge < -0.3 is 14.6 Å². The summed E-state index contributed by atoms with van der Waals surface area (Å²) in [7, 11) is 1.76. The summed E-state index contributed by atoms with van der Waals surface area (Å²) in [5.41, 5.74) is 1.73. The summed E-state index contributed by atoms with van der Waals surface area (Å²) in [5.74, 6) is 1.76. The molecule has 1 heterocycles. The highest BCUT2D eigenvalue weighted by atomic mass is 16.5. The number of aryl methyl sites for hydroxylation is 1. The van der Waals surface area contributed by atoms with Gasteiger partial charge in [0.05, 0.1) is 6.61 Å². The molecule has 7 nitrogen and oxygen atoms in total. The van der Waals surface area contributed by atoms with E-state index >= 15 is 0 Å². The third kappa shape index (κ3) is 5.78. The van der Waals surface area contributed by atoms with E-state index in [1.807, 2.05) is 54.6 Å². The highest BCUT2D eigenvalue weighted by Crippen LogP contribution is 2.30. The fourth-order valence-electron chi connectivity index (χ4n) is 3.25. The summed E-state index contributed by atoms with van der Waals surface area (Å²) >= 11 is 0. The maximum Gasteiger partial charge on any atom is 0.273 e. The highest BCUT2D eigenvalue weighted by molar-refractivity contribution is 5.76. The van der Waals surface area contributed by atoms with Crippen molar-refractivity contribution in [2.75, 3.05) is 13.7 Å². The number of ether oxygens (including phenoxy) is 1. The molecule has 0 spiro atoms. The molecule has 0 atom stereocenters. The number of rotatable bonds is 9. The smallest absolute Gasteiger partial charge is 0.273 e. The predicted molar refractivity (Wildman–Crippen MR) is 118 cm³/mol. The SMILES string of the molecule is CN(Cc1ccccc1)C(=O)CCc1nnc(-c2cccc(OCC3CC3)c2)[nH]c1=O. The van der Waals surface area contributed by atoms with E-state index in [-0.39, 0.29) is 30.0 Å². The average Bonchev–Trinajstić information content (AvgIpc) is 3.62. The molecule has 1 aliphatic carbocycles. The van der Waals surface area contributed by atoms with Gasteiger partial charge >= 0.3 is 0 Å². The number of hydrogen-bond donors (Lipinski definition) is 1. The zero-order valence-corrected chi connectivity index (χ0v) is 17.6. The molecule has 0 saturated heterocycles. The second kappa shape index (κ2) is 9.55. The van der Waals surface area contributed by atoms with Crippen molar-refractivity contribution in [3.8, 4) is 17.1 Å². The fourth-order valence-corrected chi connectivity index (χ4v) is 3.25. The van der Waals surface area contributed by atoms with Crippen LogP contribution in [-0.2, 0) is 17.8 Å². The highest BCUT2D eigenvalue weighted by Gasteiger charge is 2.22. The number of carbonyl (C=O) groups is 1. The number of carbonyl (C=O) groups excluding carboxylic acids is 1. The van der Waals surface area contributed by atoms with Crippen LogP contribution in [0.3, 0.4) is 0 Å². The zero-order valence-electron chi connectivity index (χ0n) is 17.6. The molecule has 1 fully saturated rings. The van der Waals surface area contributed by atoms with Crippen LogP contribution in [0.15, 0.2) is 59.4 Å². The molecule has 2 aromatic carbocycles. The van der Waals surface area contributed by atoms with E-state index in [9.17, 15) is 9.59 Å². The average molecular weight is 418 g/mol. The van der Waals surface area contributed by atoms with Gasteiger partial charge in [-0.3, -0.25) is 9.59 Å². The lowest BCUT2D eigenvalue weighted by molar-refractivity contribution is -0.130. The number of hydrogen-bond acceptors (Lipinski definition) is 5. The molecule has 0 aliphatic heterocycles. The first kappa shape index (κ1) is 20.8. The standard InChI is InChI=1S/C24H26N4O3/c1-28(15-17-6-3-2-4-7-17)22(29)13-12-21-24(30)25-23(27-26-21)19-8-5-9-20(14-19)31-16-18-10-11-18/h2-9,14,18H,10-13,15-16H2,1H3,(H,25,27,30). The summed E-state index contributed by atoms with van der Waals surface area (Å²) in [6.45, 7) is 1.25. The van der Waals surface area contributed by atoms with Crippen LogP contribution in [0.2, 0.25) is 0 Å². The molecule has 0 unspecified atom stereocenters. The van der Waals surface area contributed by atoms with Crippen LogP contribution in [0.25, 0.3) is 11.4 Å². The van der Waals surface area contributed by atoms with Gasteiger partial charge in [0.15, 0.2) is 5.82 Å². The summed E-state index contributed by atoms with van der Waals surface area (Å²) in [5, 5.41) is 8.24. The minimum atomic E-state index is -0.326. The topological polar surface area (TPSA) is 88.2 Å². The van der Waals surface area contributed by atoms with E-state index in [2.05, 4.69) is 15.2 Å². The fraction of sp³-hybridized carbons (Fsp3) is 0.333. The number of nitrogens with one attached hydrogen (secondary N) is 1. The van der Waals surface area contributed by atoms with Gasteiger partial charge in [-0.05, 0) is 36.5 Å². The molecular formula is C24H26N4O3. The van der Waals surface area contributed by atoms with Crippen LogP contribution in [0, 0.1) is 5.92 Å². The monoisotopic (exact) mass is 418 g/mol. The van der Waals surface area contributed by atoms with E-state index in [1.165, 1.54) is 12.8 Å². The Hall–Kier alpha value is -3.48. The number of H-pyrrole nitrogens is 1. The largest absolute Gasteiger partial charge is 0.493 e. The maximum atomic E-state index is 12.5. The maximum absolute atomic E-state index is 12.5. The Kier molecular flexibility index (Phi) is 6.40. The van der Waals surface area contributed by atoms with E-state index in [0.717, 1.165) is 23.5 Å². The molecule has 31 heavy (non-hydrogen) atoms. The van der Waals surface area contributed by atoms with Gasteiger partial charge in [0, 0.05) is 32.0 Å². The Balaban J connectivity index is 1.35. The third-order valence-corrected chi connectivity index (χ3v) is 5.32. The second-order valence-electron chi connectivity index (χ2n) is 7.97. The van der Waals surface area contributed by atoms with Crippen molar-refractivity contribution < 1.29 is 9.53 Å². The Labute approximate surface area is 181 Å². The molecule has 1 aliphatic rings. The predicted octanol–water partition coefficient (Wildman–Crippen LogP) is 3.21. The zero-order chi connectivity index (χ0) is 21.6. The van der Waals surface area contributed by atoms with Crippen molar-refractivity contribution in [2.24, 2.45) is 5.92 Å². The Bertz CT molecular complexity index is 1090. The lowest BCUT2D eigenvalue weighted by atomic mass is 10.2. The summed E-state index contributed by atoms with van der Waals surface area (Å²) < 4.78 is 5.79. The number of amides is 1. The number of aromatic nitrogens is 3. The van der Waals surface area contributed by atoms with Crippen LogP contribution >= 0.6 is 0 Å². The first-order valence-electron chi connectivity index (χ1n) is 10.6. The molecule has 0 bridgehead atoms. The molecule has 1 saturated carbocycles. The van der Waals surface area contributed by atoms with Gasteiger partial charge in [0.1, 0.15) is 11.4 Å². The van der Waals surface area contributed by atoms with Gasteiger partial charge in [0.2, 0.25) is 5.91 Å². The second-order valence-corrected chi connectivity index (χ2v) is 7.97. The molecular weight excluding hydrogens is 392 g/mol. The summed E-state index contributed by atoms with van der Waals surface area (Å²) in [4.78, 5) is 29.3. The third-order valence-electron chi connectivity index (χ3n) is 5.32. The van der Waals surface area contributed by atoms with E-state index in [4.69, 9.17) is 4.74 Å². The quantitative estimate of drug-likeness (QED) is 0.576. The van der Waals surface area contributed by atoms with Gasteiger partial charge in [-0.15, -0.1) is 10.2 Å². The molecule has 3 aromatic rings. The lowest BCUT2D eigenvalue weighted by Crippen LogP contribution is -2.27. The van der Waals surface area contributed by atoms with Crippen LogP contribution < -0.4 is 10.3 Å². The molecule has 1 N–H and O–H groups in total. The van der Waals surface area contributed by atoms with Crippen LogP contribution in [-0.4, -0.2) is 39.6 Å². The van der Waals surface area contributed by atoms with Crippen molar-refractivity contribution >= 4 is 5.91 Å². The van der Waals surface area contributed by atoms with Crippen LogP contribution in [0.4, 0.5) is 0 Å². The lowest BCUT2D eigenvalue weighted by Gasteiger charge is -2.17. The molecule has 160 valence electrons. The van der Waals surface area contributed by atoms with Crippen molar-refractivity contribution in [1.82, 2.24) is 20.1 Å². The van der Waals surface area contributed by atoms with E-state index < -0.39 is 0 Å². The Morgan fingerprint density at radius 2 is 1.94 bits per heavy atom. The van der Waals surface area contributed by atoms with Crippen molar-refractivity contribution in [3.63, 3.8) is 0 Å². The molecule has 7 heteroatoms. The molecule has 0 radical (unpaired) electrons. The normalized spacial score (nSPS) is 13.1. The van der Waals surface area contributed by atoms with Gasteiger partial charge in [-0.25, -0.2) is 0 Å². The first-order valence-corrected chi connectivity index (χ1v) is 10.6. The Morgan fingerprint density at radius 1 is 1.13 bits per heavy atom. The van der Waals surface area contributed by atoms with Crippen molar-refractivity contribution in [2.45, 2.75) is 32.2 Å². The number of nitrogens with zero attached hydrogens (tertiary/aromatic N) is 3. The van der Waals surface area contributed by atoms with Crippen LogP contribution in [0.5, 0.6) is 5.75 Å². The minimum Gasteiger partial charge on any atom is -0.493 e. The molecule has 1 amide bonds. The number of aromatic amines is 1. The summed E-state index contributed by atoms with van der Waals surface area (Å²) in [6.07, 6.45) is 2.89. The van der Waals surface area contributed by atoms with E-state index in [0.29, 0.717) is 18.3 Å². The summed E-state index contributed by atoms with van der Waals surface area (Å²) in [6, 6.07) is 17.2. The van der Waals surface area contributed by atoms with Gasteiger partial charge in [-0.2, -0.15) is 0 Å². The van der Waals surface area contributed by atoms with Gasteiger partial charge in [-0.1, -0.05) is 42.5 Å². The Morgan fingerprint density at radius 3 is 2.68 bits per heavy atom. The molecule has 1 aromatic heterocycles. The molecule has 4 rings (SSSR count). The van der Waals surface area contributed by atoms with Crippen LogP contribution in [0.1, 0.15) is 30.5 Å². The van der Waals surface area contributed by atoms with E-state index in [1.54, 1.807) is 11.9 Å². The van der Waals surface area contributed by atoms with Gasteiger partial charge in [0.25, 0.3) is 5.56 Å². The van der Waals surface area contributed by atoms with Crippen molar-refractivity contribution in [1.29, 1.82) is 0 Å². The first-order chi connectivity index (χ1) is 15.1. The number of benzene rings is 2. The van der Waals surface area contributed by atoms with Crippen molar-refractivity contribution in [3.05, 3.63) is 76.2 Å². The minimum absolute atomic E-state index is 0.0466.